The first-order chi connectivity index (χ1) is 15.1. The Morgan fingerprint density at radius 2 is 2.03 bits per heavy atom. The fourth-order valence-electron chi connectivity index (χ4n) is 4.18. The van der Waals surface area contributed by atoms with Crippen molar-refractivity contribution < 1.29 is 4.21 Å². The summed E-state index contributed by atoms with van der Waals surface area (Å²) in [6.45, 7) is 7.79. The van der Waals surface area contributed by atoms with E-state index in [1.807, 2.05) is 29.8 Å². The highest BCUT2D eigenvalue weighted by molar-refractivity contribution is 14.0. The topological polar surface area (TPSA) is 71.3 Å². The zero-order valence-corrected chi connectivity index (χ0v) is 22.7. The second-order valence-corrected chi connectivity index (χ2v) is 10.2. The molecule has 178 valence electrons. The maximum Gasteiger partial charge on any atom is 0.191 e. The summed E-state index contributed by atoms with van der Waals surface area (Å²) < 4.78 is 14.2. The van der Waals surface area contributed by atoms with Gasteiger partial charge in [-0.15, -0.1) is 24.0 Å². The molecule has 3 rings (SSSR count). The molecule has 1 aliphatic carbocycles. The monoisotopic (exact) mass is 571 g/mol. The summed E-state index contributed by atoms with van der Waals surface area (Å²) in [4.78, 5) is 4.80. The molecule has 3 atom stereocenters. The third-order valence-electron chi connectivity index (χ3n) is 5.86. The Kier molecular flexibility index (Phi) is 11.7. The zero-order valence-electron chi connectivity index (χ0n) is 19.5. The predicted octanol–water partition coefficient (Wildman–Crippen LogP) is 4.37. The van der Waals surface area contributed by atoms with E-state index in [0.29, 0.717) is 11.3 Å². The van der Waals surface area contributed by atoms with Crippen LogP contribution in [0.4, 0.5) is 0 Å². The minimum absolute atomic E-state index is 0. The van der Waals surface area contributed by atoms with Gasteiger partial charge in [-0.3, -0.25) is 9.20 Å². The number of aromatic nitrogens is 2. The van der Waals surface area contributed by atoms with E-state index in [9.17, 15) is 4.21 Å². The number of halogens is 1. The van der Waals surface area contributed by atoms with Gasteiger partial charge in [-0.25, -0.2) is 4.68 Å². The van der Waals surface area contributed by atoms with Crippen molar-refractivity contribution in [2.75, 3.05) is 18.8 Å². The molecule has 0 aliphatic heterocycles. The van der Waals surface area contributed by atoms with Gasteiger partial charge in [-0.1, -0.05) is 31.5 Å². The molecule has 3 unspecified atom stereocenters. The second kappa shape index (κ2) is 14.0. The van der Waals surface area contributed by atoms with Crippen molar-refractivity contribution in [1.29, 1.82) is 0 Å². The third kappa shape index (κ3) is 7.86. The highest BCUT2D eigenvalue weighted by atomic mass is 127. The third-order valence-corrected chi connectivity index (χ3v) is 7.60. The molecule has 1 saturated carbocycles. The van der Waals surface area contributed by atoms with Crippen LogP contribution in [0.5, 0.6) is 0 Å². The average Bonchev–Trinajstić information content (AvgIpc) is 3.17. The summed E-state index contributed by atoms with van der Waals surface area (Å²) in [5, 5.41) is 11.9. The van der Waals surface area contributed by atoms with E-state index in [2.05, 4.69) is 47.9 Å². The Morgan fingerprint density at radius 3 is 2.75 bits per heavy atom. The number of aryl methyl sites for hydroxylation is 2. The number of nitrogens with zero attached hydrogens (tertiary/aromatic N) is 3. The number of guanidine groups is 1. The van der Waals surface area contributed by atoms with Crippen molar-refractivity contribution in [3.05, 3.63) is 47.8 Å². The number of aliphatic imine (C=N–C) groups is 1. The molecule has 0 saturated heterocycles. The van der Waals surface area contributed by atoms with Gasteiger partial charge in [0.15, 0.2) is 5.96 Å². The van der Waals surface area contributed by atoms with Gasteiger partial charge in [0.25, 0.3) is 0 Å². The van der Waals surface area contributed by atoms with Crippen molar-refractivity contribution >= 4 is 40.7 Å². The Balaban J connectivity index is 0.00000363. The lowest BCUT2D eigenvalue weighted by Gasteiger charge is -2.30. The molecule has 1 aromatic carbocycles. The lowest BCUT2D eigenvalue weighted by molar-refractivity contribution is 0.413. The molecule has 8 heteroatoms. The summed E-state index contributed by atoms with van der Waals surface area (Å²) in [7, 11) is -0.703. The molecule has 0 bridgehead atoms. The summed E-state index contributed by atoms with van der Waals surface area (Å²) in [5.41, 5.74) is 3.44. The molecule has 6 nitrogen and oxygen atoms in total. The first-order valence-electron chi connectivity index (χ1n) is 11.6. The molecular formula is C24H38IN5OS. The van der Waals surface area contributed by atoms with Crippen LogP contribution < -0.4 is 10.6 Å². The van der Waals surface area contributed by atoms with Crippen LogP contribution in [-0.2, 0) is 17.2 Å². The molecule has 2 N–H and O–H groups in total. The van der Waals surface area contributed by atoms with E-state index >= 15 is 0 Å². The Morgan fingerprint density at radius 1 is 1.25 bits per heavy atom. The van der Waals surface area contributed by atoms with E-state index in [-0.39, 0.29) is 24.0 Å². The summed E-state index contributed by atoms with van der Waals surface area (Å²) in [6.07, 6.45) is 8.39. The van der Waals surface area contributed by atoms with Crippen molar-refractivity contribution in [2.45, 2.75) is 70.6 Å². The number of benzene rings is 1. The molecule has 0 amide bonds. The fraction of sp³-hybridized carbons (Fsp3) is 0.583. The maximum absolute atomic E-state index is 12.2. The van der Waals surface area contributed by atoms with Gasteiger partial charge in [0.1, 0.15) is 0 Å². The van der Waals surface area contributed by atoms with Gasteiger partial charge >= 0.3 is 0 Å². The zero-order chi connectivity index (χ0) is 22.1. The number of para-hydroxylation sites is 1. The van der Waals surface area contributed by atoms with Crippen LogP contribution in [0, 0.1) is 6.92 Å². The smallest absolute Gasteiger partial charge is 0.191 e. The second-order valence-electron chi connectivity index (χ2n) is 8.18. The predicted molar refractivity (Wildman–Crippen MR) is 146 cm³/mol. The first kappa shape index (κ1) is 26.8. The number of nitrogens with one attached hydrogen (secondary N) is 2. The molecule has 32 heavy (non-hydrogen) atoms. The van der Waals surface area contributed by atoms with Crippen molar-refractivity contribution in [3.63, 3.8) is 0 Å². The standard InChI is InChI=1S/C24H37N5OS.HI/c1-4-25-24(27-21-12-9-15-23(17-21)31(30)5-2)26-16-10-11-20-18-29(28-19(20)3)22-13-7-6-8-14-22;/h6-8,13-14,18,21,23H,4-5,9-12,15-17H2,1-3H3,(H2,25,26,27);1H. The number of hydrogen-bond acceptors (Lipinski definition) is 3. The average molecular weight is 572 g/mol. The Bertz CT molecular complexity index is 871. The minimum Gasteiger partial charge on any atom is -0.357 e. The van der Waals surface area contributed by atoms with Crippen LogP contribution in [-0.4, -0.2) is 50.1 Å². The number of hydrogen-bond donors (Lipinski definition) is 2. The molecule has 0 spiro atoms. The molecular weight excluding hydrogens is 533 g/mol. The largest absolute Gasteiger partial charge is 0.357 e. The van der Waals surface area contributed by atoms with E-state index in [4.69, 9.17) is 4.99 Å². The van der Waals surface area contributed by atoms with Gasteiger partial charge in [0.05, 0.1) is 11.4 Å². The molecule has 1 aromatic heterocycles. The quantitative estimate of drug-likeness (QED) is 0.203. The van der Waals surface area contributed by atoms with E-state index in [1.165, 1.54) is 5.56 Å². The number of rotatable bonds is 9. The summed E-state index contributed by atoms with van der Waals surface area (Å²) >= 11 is 0. The highest BCUT2D eigenvalue weighted by Gasteiger charge is 2.26. The summed E-state index contributed by atoms with van der Waals surface area (Å²) in [5.74, 6) is 1.64. The highest BCUT2D eigenvalue weighted by Crippen LogP contribution is 2.23. The van der Waals surface area contributed by atoms with Gasteiger partial charge in [-0.2, -0.15) is 5.10 Å². The molecule has 1 aliphatic rings. The van der Waals surface area contributed by atoms with Crippen LogP contribution in [0.1, 0.15) is 57.2 Å². The Labute approximate surface area is 212 Å². The SMILES string of the molecule is CCNC(=NCCCc1cn(-c2ccccc2)nc1C)NC1CCCC(S(=O)CC)C1.I. The fourth-order valence-corrected chi connectivity index (χ4v) is 5.53. The van der Waals surface area contributed by atoms with E-state index in [1.54, 1.807) is 0 Å². The van der Waals surface area contributed by atoms with E-state index < -0.39 is 10.8 Å². The van der Waals surface area contributed by atoms with Crippen LogP contribution >= 0.6 is 24.0 Å². The van der Waals surface area contributed by atoms with Crippen LogP contribution in [0.25, 0.3) is 5.69 Å². The maximum atomic E-state index is 12.2. The van der Waals surface area contributed by atoms with Crippen molar-refractivity contribution in [1.82, 2.24) is 20.4 Å². The van der Waals surface area contributed by atoms with Crippen LogP contribution in [0.15, 0.2) is 41.5 Å². The lowest BCUT2D eigenvalue weighted by Crippen LogP contribution is -2.46. The lowest BCUT2D eigenvalue weighted by atomic mass is 9.95. The van der Waals surface area contributed by atoms with Gasteiger partial charge in [-0.05, 0) is 63.6 Å². The van der Waals surface area contributed by atoms with E-state index in [0.717, 1.165) is 74.7 Å². The Hall–Kier alpha value is -1.42. The minimum atomic E-state index is -0.703. The van der Waals surface area contributed by atoms with Crippen LogP contribution in [0.3, 0.4) is 0 Å². The molecule has 1 fully saturated rings. The first-order valence-corrected chi connectivity index (χ1v) is 13.0. The van der Waals surface area contributed by atoms with Gasteiger partial charge < -0.3 is 10.6 Å². The molecule has 0 radical (unpaired) electrons. The molecule has 2 aromatic rings. The van der Waals surface area contributed by atoms with Gasteiger partial charge in [0.2, 0.25) is 0 Å². The van der Waals surface area contributed by atoms with Crippen molar-refractivity contribution in [3.8, 4) is 5.69 Å². The normalized spacial score (nSPS) is 19.8. The molecule has 1 heterocycles. The van der Waals surface area contributed by atoms with Gasteiger partial charge in [0, 0.05) is 47.1 Å². The summed E-state index contributed by atoms with van der Waals surface area (Å²) in [6, 6.07) is 10.6. The van der Waals surface area contributed by atoms with Crippen molar-refractivity contribution in [2.24, 2.45) is 4.99 Å². The van der Waals surface area contributed by atoms with Crippen LogP contribution in [0.2, 0.25) is 0 Å².